The SMILES string of the molecule is C[C@@H]1CN(c2ncccc2Cl)CCN1C(=O)Nc1cccc(I)c1. The number of pyridine rings is 1. The van der Waals surface area contributed by atoms with Gasteiger partial charge in [-0.05, 0) is 59.8 Å². The first-order valence-corrected chi connectivity index (χ1v) is 9.19. The number of carbonyl (C=O) groups is 1. The number of halogens is 2. The van der Waals surface area contributed by atoms with Gasteiger partial charge in [0.2, 0.25) is 0 Å². The van der Waals surface area contributed by atoms with Gasteiger partial charge in [0.25, 0.3) is 0 Å². The van der Waals surface area contributed by atoms with Gasteiger partial charge in [-0.25, -0.2) is 9.78 Å². The molecule has 2 aromatic rings. The largest absolute Gasteiger partial charge is 0.352 e. The molecule has 0 radical (unpaired) electrons. The smallest absolute Gasteiger partial charge is 0.322 e. The first-order valence-electron chi connectivity index (χ1n) is 7.73. The molecule has 0 aliphatic carbocycles. The summed E-state index contributed by atoms with van der Waals surface area (Å²) in [5, 5.41) is 3.61. The molecule has 5 nitrogen and oxygen atoms in total. The maximum absolute atomic E-state index is 12.6. The summed E-state index contributed by atoms with van der Waals surface area (Å²) in [4.78, 5) is 20.9. The topological polar surface area (TPSA) is 48.5 Å². The number of nitrogens with one attached hydrogen (secondary N) is 1. The first-order chi connectivity index (χ1) is 11.5. The van der Waals surface area contributed by atoms with E-state index in [0.717, 1.165) is 15.1 Å². The third-order valence-corrected chi connectivity index (χ3v) is 4.97. The van der Waals surface area contributed by atoms with E-state index < -0.39 is 0 Å². The minimum Gasteiger partial charge on any atom is -0.352 e. The van der Waals surface area contributed by atoms with Crippen LogP contribution >= 0.6 is 34.2 Å². The van der Waals surface area contributed by atoms with Crippen molar-refractivity contribution in [2.45, 2.75) is 13.0 Å². The van der Waals surface area contributed by atoms with Crippen LogP contribution in [0.2, 0.25) is 5.02 Å². The predicted molar refractivity (Wildman–Crippen MR) is 106 cm³/mol. The second kappa shape index (κ2) is 7.57. The van der Waals surface area contributed by atoms with Crippen molar-refractivity contribution in [1.82, 2.24) is 9.88 Å². The molecule has 1 aromatic heterocycles. The molecule has 1 N–H and O–H groups in total. The minimum absolute atomic E-state index is 0.0691. The fraction of sp³-hybridized carbons (Fsp3) is 0.294. The highest BCUT2D eigenvalue weighted by Crippen LogP contribution is 2.25. The van der Waals surface area contributed by atoms with Gasteiger partial charge in [0.1, 0.15) is 5.82 Å². The summed E-state index contributed by atoms with van der Waals surface area (Å²) in [5.74, 6) is 0.781. The van der Waals surface area contributed by atoms with Gasteiger partial charge in [-0.2, -0.15) is 0 Å². The van der Waals surface area contributed by atoms with Crippen LogP contribution in [0.25, 0.3) is 0 Å². The van der Waals surface area contributed by atoms with Gasteiger partial charge in [0, 0.05) is 41.1 Å². The van der Waals surface area contributed by atoms with E-state index in [2.05, 4.69) is 37.8 Å². The summed E-state index contributed by atoms with van der Waals surface area (Å²) >= 11 is 8.46. The van der Waals surface area contributed by atoms with E-state index in [4.69, 9.17) is 11.6 Å². The average Bonchev–Trinajstić information content (AvgIpc) is 2.55. The van der Waals surface area contributed by atoms with Gasteiger partial charge >= 0.3 is 6.03 Å². The monoisotopic (exact) mass is 456 g/mol. The van der Waals surface area contributed by atoms with Crippen LogP contribution in [0.3, 0.4) is 0 Å². The molecule has 7 heteroatoms. The van der Waals surface area contributed by atoms with E-state index >= 15 is 0 Å². The van der Waals surface area contributed by atoms with E-state index in [-0.39, 0.29) is 12.1 Å². The van der Waals surface area contributed by atoms with Gasteiger partial charge in [0.05, 0.1) is 5.02 Å². The van der Waals surface area contributed by atoms with Crippen molar-refractivity contribution < 1.29 is 4.79 Å². The number of aromatic nitrogens is 1. The highest BCUT2D eigenvalue weighted by molar-refractivity contribution is 14.1. The summed E-state index contributed by atoms with van der Waals surface area (Å²) in [6, 6.07) is 11.4. The zero-order valence-corrected chi connectivity index (χ0v) is 16.2. The zero-order valence-electron chi connectivity index (χ0n) is 13.2. The van der Waals surface area contributed by atoms with Crippen molar-refractivity contribution in [2.24, 2.45) is 0 Å². The molecular formula is C17H18ClIN4O. The lowest BCUT2D eigenvalue weighted by atomic mass is 10.2. The maximum atomic E-state index is 12.6. The molecule has 2 heterocycles. The standard InChI is InChI=1S/C17H18ClIN4O/c1-12-11-22(16-15(18)6-3-7-20-16)8-9-23(12)17(24)21-14-5-2-4-13(19)10-14/h2-7,10,12H,8-9,11H2,1H3,(H,21,24)/t12-/m1/s1. The van der Waals surface area contributed by atoms with E-state index in [9.17, 15) is 4.79 Å². The number of piperazine rings is 1. The molecule has 1 saturated heterocycles. The predicted octanol–water partition coefficient (Wildman–Crippen LogP) is 4.08. The van der Waals surface area contributed by atoms with Crippen molar-refractivity contribution in [2.75, 3.05) is 29.9 Å². The Balaban J connectivity index is 1.65. The quantitative estimate of drug-likeness (QED) is 0.693. The van der Waals surface area contributed by atoms with Gasteiger partial charge in [-0.1, -0.05) is 17.7 Å². The fourth-order valence-corrected chi connectivity index (χ4v) is 3.61. The Kier molecular flexibility index (Phi) is 5.45. The fourth-order valence-electron chi connectivity index (χ4n) is 2.82. The summed E-state index contributed by atoms with van der Waals surface area (Å²) in [5.41, 5.74) is 0.814. The number of benzene rings is 1. The van der Waals surface area contributed by atoms with Gasteiger partial charge in [0.15, 0.2) is 0 Å². The molecule has 126 valence electrons. The van der Waals surface area contributed by atoms with Crippen molar-refractivity contribution >= 4 is 51.7 Å². The molecule has 0 unspecified atom stereocenters. The van der Waals surface area contributed by atoms with Crippen LogP contribution < -0.4 is 10.2 Å². The second-order valence-electron chi connectivity index (χ2n) is 5.74. The summed E-state index contributed by atoms with van der Waals surface area (Å²) < 4.78 is 1.09. The molecule has 1 atom stereocenters. The number of rotatable bonds is 2. The Bertz CT molecular complexity index is 742. The van der Waals surface area contributed by atoms with Crippen LogP contribution in [0.15, 0.2) is 42.6 Å². The first kappa shape index (κ1) is 17.3. The number of hydrogen-bond acceptors (Lipinski definition) is 3. The highest BCUT2D eigenvalue weighted by atomic mass is 127. The molecule has 0 spiro atoms. The zero-order chi connectivity index (χ0) is 17.1. The van der Waals surface area contributed by atoms with Crippen molar-refractivity contribution in [3.05, 3.63) is 51.2 Å². The van der Waals surface area contributed by atoms with Gasteiger partial charge in [-0.15, -0.1) is 0 Å². The van der Waals surface area contributed by atoms with Crippen LogP contribution in [0.5, 0.6) is 0 Å². The Morgan fingerprint density at radius 3 is 2.88 bits per heavy atom. The van der Waals surface area contributed by atoms with E-state index in [0.29, 0.717) is 24.7 Å². The molecular weight excluding hydrogens is 439 g/mol. The lowest BCUT2D eigenvalue weighted by Crippen LogP contribution is -2.55. The number of carbonyl (C=O) groups excluding carboxylic acids is 1. The van der Waals surface area contributed by atoms with Crippen molar-refractivity contribution in [1.29, 1.82) is 0 Å². The van der Waals surface area contributed by atoms with Crippen molar-refractivity contribution in [3.63, 3.8) is 0 Å². The van der Waals surface area contributed by atoms with Crippen molar-refractivity contribution in [3.8, 4) is 0 Å². The van der Waals surface area contributed by atoms with Gasteiger partial charge in [-0.3, -0.25) is 0 Å². The molecule has 2 amide bonds. The Morgan fingerprint density at radius 1 is 1.33 bits per heavy atom. The average molecular weight is 457 g/mol. The summed E-state index contributed by atoms with van der Waals surface area (Å²) in [7, 11) is 0. The molecule has 24 heavy (non-hydrogen) atoms. The number of nitrogens with zero attached hydrogens (tertiary/aromatic N) is 3. The van der Waals surface area contributed by atoms with Crippen LogP contribution in [0.1, 0.15) is 6.92 Å². The number of anilines is 2. The van der Waals surface area contributed by atoms with Crippen LogP contribution in [0, 0.1) is 3.57 Å². The molecule has 3 rings (SSSR count). The number of hydrogen-bond donors (Lipinski definition) is 1. The summed E-state index contributed by atoms with van der Waals surface area (Å²) in [6.45, 7) is 4.08. The lowest BCUT2D eigenvalue weighted by molar-refractivity contribution is 0.184. The molecule has 0 saturated carbocycles. The lowest BCUT2D eigenvalue weighted by Gasteiger charge is -2.40. The summed E-state index contributed by atoms with van der Waals surface area (Å²) in [6.07, 6.45) is 1.74. The second-order valence-corrected chi connectivity index (χ2v) is 7.39. The Morgan fingerprint density at radius 2 is 2.17 bits per heavy atom. The number of amides is 2. The van der Waals surface area contributed by atoms with Crippen LogP contribution in [-0.2, 0) is 0 Å². The van der Waals surface area contributed by atoms with E-state index in [1.165, 1.54) is 0 Å². The normalized spacial score (nSPS) is 17.7. The Hall–Kier alpha value is -1.54. The Labute approximate surface area is 160 Å². The molecule has 1 aromatic carbocycles. The van der Waals surface area contributed by atoms with Gasteiger partial charge < -0.3 is 15.1 Å². The molecule has 1 aliphatic rings. The van der Waals surface area contributed by atoms with Crippen LogP contribution in [-0.4, -0.2) is 41.6 Å². The third-order valence-electron chi connectivity index (χ3n) is 4.00. The minimum atomic E-state index is -0.0729. The van der Waals surface area contributed by atoms with Crippen LogP contribution in [0.4, 0.5) is 16.3 Å². The maximum Gasteiger partial charge on any atom is 0.322 e. The number of urea groups is 1. The molecule has 0 bridgehead atoms. The van der Waals surface area contributed by atoms with E-state index in [1.54, 1.807) is 6.20 Å². The highest BCUT2D eigenvalue weighted by Gasteiger charge is 2.28. The van der Waals surface area contributed by atoms with E-state index in [1.807, 2.05) is 48.2 Å². The molecule has 1 fully saturated rings. The molecule has 1 aliphatic heterocycles. The third kappa shape index (κ3) is 3.92.